The first kappa shape index (κ1) is 13.4. The average Bonchev–Trinajstić information content (AvgIpc) is 2.39. The summed E-state index contributed by atoms with van der Waals surface area (Å²) in [5, 5.41) is 6.29. The fraction of sp³-hybridized carbons (Fsp3) is 0.500. The minimum absolute atomic E-state index is 0.128. The van der Waals surface area contributed by atoms with E-state index < -0.39 is 0 Å². The summed E-state index contributed by atoms with van der Waals surface area (Å²) in [7, 11) is 2.01. The topological polar surface area (TPSA) is 41.1 Å². The van der Waals surface area contributed by atoms with E-state index in [9.17, 15) is 4.79 Å². The van der Waals surface area contributed by atoms with Gasteiger partial charge < -0.3 is 10.6 Å². The summed E-state index contributed by atoms with van der Waals surface area (Å²) < 4.78 is 0. The molecule has 18 heavy (non-hydrogen) atoms. The Morgan fingerprint density at radius 3 is 3.00 bits per heavy atom. The van der Waals surface area contributed by atoms with Crippen molar-refractivity contribution in [1.29, 1.82) is 0 Å². The normalized spacial score (nSPS) is 16.0. The molecule has 1 aromatic rings. The van der Waals surface area contributed by atoms with Crippen LogP contribution in [0.15, 0.2) is 18.2 Å². The number of carbonyl (C=O) groups excluding carboxylic acids is 1. The number of amides is 1. The lowest BCUT2D eigenvalue weighted by atomic mass is 9.96. The van der Waals surface area contributed by atoms with Gasteiger partial charge in [0.05, 0.1) is 0 Å². The van der Waals surface area contributed by atoms with Crippen molar-refractivity contribution in [2.24, 2.45) is 0 Å². The maximum Gasteiger partial charge on any atom is 0.224 e. The van der Waals surface area contributed by atoms with Gasteiger partial charge in [-0.25, -0.2) is 0 Å². The van der Waals surface area contributed by atoms with Crippen LogP contribution in [0.1, 0.15) is 30.0 Å². The van der Waals surface area contributed by atoms with Crippen molar-refractivity contribution >= 4 is 23.4 Å². The Bertz CT molecular complexity index is 434. The van der Waals surface area contributed by atoms with Gasteiger partial charge in [-0.1, -0.05) is 12.1 Å². The molecule has 0 spiro atoms. The highest BCUT2D eigenvalue weighted by Gasteiger charge is 2.17. The Morgan fingerprint density at radius 2 is 2.28 bits per heavy atom. The zero-order chi connectivity index (χ0) is 13.0. The van der Waals surface area contributed by atoms with E-state index in [4.69, 9.17) is 0 Å². The summed E-state index contributed by atoms with van der Waals surface area (Å²) in [4.78, 5) is 11.3. The molecule has 0 aliphatic carbocycles. The minimum atomic E-state index is 0.128. The molecule has 2 rings (SSSR count). The molecule has 1 unspecified atom stereocenters. The van der Waals surface area contributed by atoms with Crippen molar-refractivity contribution in [3.05, 3.63) is 29.3 Å². The third kappa shape index (κ3) is 3.06. The summed E-state index contributed by atoms with van der Waals surface area (Å²) in [6, 6.07) is 6.79. The van der Waals surface area contributed by atoms with Crippen molar-refractivity contribution < 1.29 is 4.79 Å². The summed E-state index contributed by atoms with van der Waals surface area (Å²) in [6.07, 6.45) is 4.72. The lowest BCUT2D eigenvalue weighted by molar-refractivity contribution is -0.116. The second-order valence-electron chi connectivity index (χ2n) is 4.59. The van der Waals surface area contributed by atoms with Crippen LogP contribution in [0.25, 0.3) is 0 Å². The smallest absolute Gasteiger partial charge is 0.224 e. The molecule has 1 amide bonds. The first-order valence-electron chi connectivity index (χ1n) is 6.33. The van der Waals surface area contributed by atoms with Gasteiger partial charge in [0.25, 0.3) is 0 Å². The molecular formula is C14H20N2OS. The van der Waals surface area contributed by atoms with Crippen LogP contribution in [0.2, 0.25) is 0 Å². The molecule has 0 saturated heterocycles. The highest BCUT2D eigenvalue weighted by atomic mass is 32.2. The van der Waals surface area contributed by atoms with Crippen molar-refractivity contribution in [3.8, 4) is 0 Å². The number of fused-ring (bicyclic) bond motifs is 1. The fourth-order valence-electron chi connectivity index (χ4n) is 2.33. The molecular weight excluding hydrogens is 244 g/mol. The maximum absolute atomic E-state index is 11.3. The molecule has 0 aromatic heterocycles. The first-order valence-corrected chi connectivity index (χ1v) is 7.73. The van der Waals surface area contributed by atoms with Crippen LogP contribution in [-0.2, 0) is 11.2 Å². The Morgan fingerprint density at radius 1 is 1.44 bits per heavy atom. The highest BCUT2D eigenvalue weighted by molar-refractivity contribution is 7.98. The standard InChI is InChI=1S/C14H20N2OS/c1-15-12(7-8-18-2)10-3-5-13-11(9-10)4-6-14(17)16-13/h3,5,9,12,15H,4,6-8H2,1-2H3,(H,16,17). The zero-order valence-electron chi connectivity index (χ0n) is 11.0. The van der Waals surface area contributed by atoms with Crippen molar-refractivity contribution in [2.45, 2.75) is 25.3 Å². The van der Waals surface area contributed by atoms with Gasteiger partial charge in [-0.05, 0) is 49.1 Å². The largest absolute Gasteiger partial charge is 0.326 e. The van der Waals surface area contributed by atoms with Crippen LogP contribution in [0.5, 0.6) is 0 Å². The van der Waals surface area contributed by atoms with E-state index in [2.05, 4.69) is 29.0 Å². The molecule has 1 aliphatic rings. The monoisotopic (exact) mass is 264 g/mol. The molecule has 0 saturated carbocycles. The summed E-state index contributed by atoms with van der Waals surface area (Å²) in [5.41, 5.74) is 3.56. The molecule has 2 N–H and O–H groups in total. The van der Waals surface area contributed by atoms with E-state index in [0.717, 1.165) is 24.3 Å². The zero-order valence-corrected chi connectivity index (χ0v) is 11.8. The maximum atomic E-state index is 11.3. The number of thioether (sulfide) groups is 1. The van der Waals surface area contributed by atoms with Gasteiger partial charge in [-0.15, -0.1) is 0 Å². The molecule has 0 bridgehead atoms. The molecule has 4 heteroatoms. The van der Waals surface area contributed by atoms with E-state index in [1.807, 2.05) is 24.9 Å². The van der Waals surface area contributed by atoms with Crippen molar-refractivity contribution in [3.63, 3.8) is 0 Å². The van der Waals surface area contributed by atoms with E-state index >= 15 is 0 Å². The summed E-state index contributed by atoms with van der Waals surface area (Å²) in [5.74, 6) is 1.28. The SMILES string of the molecule is CNC(CCSC)c1ccc2c(c1)CCC(=O)N2. The van der Waals surface area contributed by atoms with Gasteiger partial charge in [-0.2, -0.15) is 11.8 Å². The van der Waals surface area contributed by atoms with Crippen molar-refractivity contribution in [1.82, 2.24) is 5.32 Å². The van der Waals surface area contributed by atoms with Crippen LogP contribution in [-0.4, -0.2) is 25.0 Å². The van der Waals surface area contributed by atoms with Crippen LogP contribution >= 0.6 is 11.8 Å². The number of benzene rings is 1. The van der Waals surface area contributed by atoms with E-state index in [0.29, 0.717) is 12.5 Å². The third-order valence-corrected chi connectivity index (χ3v) is 4.03. The van der Waals surface area contributed by atoms with E-state index in [1.54, 1.807) is 0 Å². The van der Waals surface area contributed by atoms with Crippen LogP contribution in [0.3, 0.4) is 0 Å². The number of aryl methyl sites for hydroxylation is 1. The Balaban J connectivity index is 2.16. The molecule has 98 valence electrons. The molecule has 1 atom stereocenters. The lowest BCUT2D eigenvalue weighted by Crippen LogP contribution is -2.21. The second kappa shape index (κ2) is 6.25. The first-order chi connectivity index (χ1) is 8.74. The van der Waals surface area contributed by atoms with Gasteiger partial charge in [0.15, 0.2) is 0 Å². The Kier molecular flexibility index (Phi) is 4.66. The highest BCUT2D eigenvalue weighted by Crippen LogP contribution is 2.27. The third-order valence-electron chi connectivity index (χ3n) is 3.39. The average molecular weight is 264 g/mol. The molecule has 1 aliphatic heterocycles. The van der Waals surface area contributed by atoms with Crippen LogP contribution < -0.4 is 10.6 Å². The summed E-state index contributed by atoms with van der Waals surface area (Å²) >= 11 is 1.87. The lowest BCUT2D eigenvalue weighted by Gasteiger charge is -2.21. The van der Waals surface area contributed by atoms with Gasteiger partial charge in [0.1, 0.15) is 0 Å². The van der Waals surface area contributed by atoms with Gasteiger partial charge in [0.2, 0.25) is 5.91 Å². The predicted molar refractivity (Wildman–Crippen MR) is 78.2 cm³/mol. The molecule has 3 nitrogen and oxygen atoms in total. The minimum Gasteiger partial charge on any atom is -0.326 e. The summed E-state index contributed by atoms with van der Waals surface area (Å²) in [6.45, 7) is 0. The van der Waals surface area contributed by atoms with Crippen molar-refractivity contribution in [2.75, 3.05) is 24.4 Å². The molecule has 1 aromatic carbocycles. The number of rotatable bonds is 5. The second-order valence-corrected chi connectivity index (χ2v) is 5.57. The van der Waals surface area contributed by atoms with E-state index in [1.165, 1.54) is 11.1 Å². The van der Waals surface area contributed by atoms with Gasteiger partial charge in [-0.3, -0.25) is 4.79 Å². The number of hydrogen-bond donors (Lipinski definition) is 2. The van der Waals surface area contributed by atoms with Crippen LogP contribution in [0, 0.1) is 0 Å². The molecule has 0 fully saturated rings. The number of hydrogen-bond acceptors (Lipinski definition) is 3. The molecule has 1 heterocycles. The predicted octanol–water partition coefficient (Wildman–Crippen LogP) is 2.58. The van der Waals surface area contributed by atoms with Gasteiger partial charge in [0, 0.05) is 18.2 Å². The number of carbonyl (C=O) groups is 1. The van der Waals surface area contributed by atoms with Gasteiger partial charge >= 0.3 is 0 Å². The number of anilines is 1. The van der Waals surface area contributed by atoms with Crippen LogP contribution in [0.4, 0.5) is 5.69 Å². The quantitative estimate of drug-likeness (QED) is 0.859. The van der Waals surface area contributed by atoms with E-state index in [-0.39, 0.29) is 5.91 Å². The number of nitrogens with one attached hydrogen (secondary N) is 2. The Labute approximate surface area is 113 Å². The Hall–Kier alpha value is -1.00. The fourth-order valence-corrected chi connectivity index (χ4v) is 2.80. The molecule has 0 radical (unpaired) electrons.